The molecule has 1 aromatic heterocycles. The number of ether oxygens (including phenoxy) is 1. The highest BCUT2D eigenvalue weighted by Gasteiger charge is 2.02. The first-order valence-electron chi connectivity index (χ1n) is 6.08. The second-order valence-corrected chi connectivity index (χ2v) is 4.00. The van der Waals surface area contributed by atoms with Crippen LogP contribution < -0.4 is 10.1 Å². The molecule has 16 heavy (non-hydrogen) atoms. The minimum Gasteiger partial charge on any atom is -0.491 e. The Labute approximate surface area is 98.2 Å². The molecule has 1 rings (SSSR count). The van der Waals surface area contributed by atoms with Gasteiger partial charge in [-0.2, -0.15) is 0 Å². The monoisotopic (exact) mass is 222 g/mol. The summed E-state index contributed by atoms with van der Waals surface area (Å²) in [7, 11) is 0. The molecule has 1 atom stereocenters. The molecule has 90 valence electrons. The summed E-state index contributed by atoms with van der Waals surface area (Å²) in [5.74, 6) is 0.914. The summed E-state index contributed by atoms with van der Waals surface area (Å²) in [5.41, 5.74) is 1.04. The Morgan fingerprint density at radius 3 is 2.94 bits per heavy atom. The first-order valence-corrected chi connectivity index (χ1v) is 6.08. The van der Waals surface area contributed by atoms with E-state index in [9.17, 15) is 0 Å². The highest BCUT2D eigenvalue weighted by Crippen LogP contribution is 2.13. The van der Waals surface area contributed by atoms with Crippen molar-refractivity contribution in [2.24, 2.45) is 0 Å². The molecule has 1 N–H and O–H groups in total. The summed E-state index contributed by atoms with van der Waals surface area (Å²) in [5, 5.41) is 3.33. The number of rotatable bonds is 7. The van der Waals surface area contributed by atoms with Gasteiger partial charge in [0.05, 0.1) is 11.8 Å². The maximum Gasteiger partial charge on any atom is 0.123 e. The van der Waals surface area contributed by atoms with Crippen molar-refractivity contribution in [3.05, 3.63) is 24.0 Å². The van der Waals surface area contributed by atoms with Crippen molar-refractivity contribution in [1.82, 2.24) is 10.3 Å². The van der Waals surface area contributed by atoms with Gasteiger partial charge in [-0.3, -0.25) is 4.98 Å². The Bertz CT molecular complexity index is 302. The zero-order valence-corrected chi connectivity index (χ0v) is 10.5. The molecule has 0 saturated heterocycles. The lowest BCUT2D eigenvalue weighted by atomic mass is 10.3. The molecule has 0 amide bonds. The third-order valence-electron chi connectivity index (χ3n) is 2.43. The SMILES string of the molecule is CCCNCc1cc(OC(C)CC)ccn1. The fraction of sp³-hybridized carbons (Fsp3) is 0.615. The molecule has 3 heteroatoms. The fourth-order valence-electron chi connectivity index (χ4n) is 1.33. The van der Waals surface area contributed by atoms with Crippen molar-refractivity contribution in [3.8, 4) is 5.75 Å². The molecule has 0 aromatic carbocycles. The van der Waals surface area contributed by atoms with E-state index in [0.717, 1.165) is 37.4 Å². The summed E-state index contributed by atoms with van der Waals surface area (Å²) < 4.78 is 5.74. The van der Waals surface area contributed by atoms with Gasteiger partial charge < -0.3 is 10.1 Å². The normalized spacial score (nSPS) is 12.4. The Morgan fingerprint density at radius 2 is 2.25 bits per heavy atom. The quantitative estimate of drug-likeness (QED) is 0.720. The van der Waals surface area contributed by atoms with Crippen molar-refractivity contribution < 1.29 is 4.74 Å². The van der Waals surface area contributed by atoms with Crippen LogP contribution in [0.15, 0.2) is 18.3 Å². The third kappa shape index (κ3) is 4.62. The van der Waals surface area contributed by atoms with E-state index in [1.54, 1.807) is 6.20 Å². The lowest BCUT2D eigenvalue weighted by Gasteiger charge is -2.13. The van der Waals surface area contributed by atoms with Gasteiger partial charge in [0.25, 0.3) is 0 Å². The van der Waals surface area contributed by atoms with Crippen LogP contribution in [0.25, 0.3) is 0 Å². The molecule has 1 heterocycles. The van der Waals surface area contributed by atoms with E-state index in [2.05, 4.69) is 31.1 Å². The van der Waals surface area contributed by atoms with Crippen molar-refractivity contribution in [2.75, 3.05) is 6.54 Å². The number of aromatic nitrogens is 1. The molecule has 0 bridgehead atoms. The van der Waals surface area contributed by atoms with Crippen LogP contribution in [0.1, 0.15) is 39.3 Å². The highest BCUT2D eigenvalue weighted by atomic mass is 16.5. The number of nitrogens with one attached hydrogen (secondary N) is 1. The average molecular weight is 222 g/mol. The minimum absolute atomic E-state index is 0.263. The Kier molecular flexibility index (Phi) is 5.86. The van der Waals surface area contributed by atoms with Crippen LogP contribution in [-0.2, 0) is 6.54 Å². The third-order valence-corrected chi connectivity index (χ3v) is 2.43. The molecular weight excluding hydrogens is 200 g/mol. The lowest BCUT2D eigenvalue weighted by molar-refractivity contribution is 0.217. The van der Waals surface area contributed by atoms with Crippen molar-refractivity contribution in [3.63, 3.8) is 0 Å². The predicted octanol–water partition coefficient (Wildman–Crippen LogP) is 2.76. The van der Waals surface area contributed by atoms with Crippen LogP contribution in [0.5, 0.6) is 5.75 Å². The highest BCUT2D eigenvalue weighted by molar-refractivity contribution is 5.22. The zero-order chi connectivity index (χ0) is 11.8. The van der Waals surface area contributed by atoms with E-state index < -0.39 is 0 Å². The van der Waals surface area contributed by atoms with Crippen LogP contribution >= 0.6 is 0 Å². The number of pyridine rings is 1. The second-order valence-electron chi connectivity index (χ2n) is 4.00. The molecule has 0 aliphatic heterocycles. The lowest BCUT2D eigenvalue weighted by Crippen LogP contribution is -2.15. The van der Waals surface area contributed by atoms with Crippen LogP contribution in [0.2, 0.25) is 0 Å². The number of hydrogen-bond donors (Lipinski definition) is 1. The van der Waals surface area contributed by atoms with Crippen molar-refractivity contribution in [1.29, 1.82) is 0 Å². The molecular formula is C13H22N2O. The van der Waals surface area contributed by atoms with E-state index in [4.69, 9.17) is 4.74 Å². The van der Waals surface area contributed by atoms with E-state index in [0.29, 0.717) is 0 Å². The van der Waals surface area contributed by atoms with Crippen LogP contribution in [0.3, 0.4) is 0 Å². The molecule has 3 nitrogen and oxygen atoms in total. The van der Waals surface area contributed by atoms with E-state index in [-0.39, 0.29) is 6.10 Å². The number of hydrogen-bond acceptors (Lipinski definition) is 3. The summed E-state index contributed by atoms with van der Waals surface area (Å²) >= 11 is 0. The minimum atomic E-state index is 0.263. The number of nitrogens with zero attached hydrogens (tertiary/aromatic N) is 1. The van der Waals surface area contributed by atoms with Crippen LogP contribution in [-0.4, -0.2) is 17.6 Å². The second kappa shape index (κ2) is 7.23. The molecule has 1 unspecified atom stereocenters. The summed E-state index contributed by atoms with van der Waals surface area (Å²) in [6.07, 6.45) is 4.23. The Balaban J connectivity index is 2.50. The van der Waals surface area contributed by atoms with Gasteiger partial charge in [0.1, 0.15) is 5.75 Å². The van der Waals surface area contributed by atoms with E-state index in [1.807, 2.05) is 12.1 Å². The summed E-state index contributed by atoms with van der Waals surface area (Å²) in [6, 6.07) is 3.92. The van der Waals surface area contributed by atoms with Crippen molar-refractivity contribution >= 4 is 0 Å². The van der Waals surface area contributed by atoms with Gasteiger partial charge in [-0.15, -0.1) is 0 Å². The smallest absolute Gasteiger partial charge is 0.123 e. The largest absolute Gasteiger partial charge is 0.491 e. The van der Waals surface area contributed by atoms with E-state index in [1.165, 1.54) is 0 Å². The maximum atomic E-state index is 5.74. The first kappa shape index (κ1) is 13.0. The van der Waals surface area contributed by atoms with Gasteiger partial charge in [0, 0.05) is 18.8 Å². The van der Waals surface area contributed by atoms with Gasteiger partial charge in [0.15, 0.2) is 0 Å². The van der Waals surface area contributed by atoms with Gasteiger partial charge in [0.2, 0.25) is 0 Å². The van der Waals surface area contributed by atoms with Gasteiger partial charge >= 0.3 is 0 Å². The Hall–Kier alpha value is -1.09. The molecule has 0 fully saturated rings. The standard InChI is InChI=1S/C13H22N2O/c1-4-7-14-10-12-9-13(6-8-15-12)16-11(3)5-2/h6,8-9,11,14H,4-5,7,10H2,1-3H3. The molecule has 0 radical (unpaired) electrons. The zero-order valence-electron chi connectivity index (χ0n) is 10.5. The average Bonchev–Trinajstić information content (AvgIpc) is 2.30. The molecule has 1 aromatic rings. The fourth-order valence-corrected chi connectivity index (χ4v) is 1.33. The van der Waals surface area contributed by atoms with Crippen LogP contribution in [0.4, 0.5) is 0 Å². The maximum absolute atomic E-state index is 5.74. The van der Waals surface area contributed by atoms with Gasteiger partial charge in [-0.25, -0.2) is 0 Å². The van der Waals surface area contributed by atoms with Crippen molar-refractivity contribution in [2.45, 2.75) is 46.3 Å². The molecule has 0 saturated carbocycles. The van der Waals surface area contributed by atoms with Gasteiger partial charge in [-0.1, -0.05) is 13.8 Å². The van der Waals surface area contributed by atoms with E-state index >= 15 is 0 Å². The Morgan fingerprint density at radius 1 is 1.44 bits per heavy atom. The summed E-state index contributed by atoms with van der Waals surface area (Å²) in [6.45, 7) is 8.19. The first-order chi connectivity index (χ1) is 7.76. The molecule has 0 aliphatic carbocycles. The molecule has 0 aliphatic rings. The predicted molar refractivity (Wildman–Crippen MR) is 66.6 cm³/mol. The topological polar surface area (TPSA) is 34.1 Å². The molecule has 0 spiro atoms. The summed E-state index contributed by atoms with van der Waals surface area (Å²) in [4.78, 5) is 4.30. The van der Waals surface area contributed by atoms with Gasteiger partial charge in [-0.05, 0) is 32.4 Å². The van der Waals surface area contributed by atoms with Crippen LogP contribution in [0, 0.1) is 0 Å².